The van der Waals surface area contributed by atoms with Gasteiger partial charge >= 0.3 is 0 Å². The maximum atomic E-state index is 11.7. The molecule has 0 aromatic heterocycles. The number of carbonyl (C=O) groups excluding carboxylic acids is 1. The minimum absolute atomic E-state index is 0.0281. The summed E-state index contributed by atoms with van der Waals surface area (Å²) in [5, 5.41) is 6.21. The van der Waals surface area contributed by atoms with Crippen molar-refractivity contribution in [3.05, 3.63) is 29.3 Å². The third-order valence-electron chi connectivity index (χ3n) is 3.30. The molecule has 0 aliphatic heterocycles. The monoisotopic (exact) mass is 248 g/mol. The second-order valence-electron chi connectivity index (χ2n) is 4.60. The van der Waals surface area contributed by atoms with E-state index in [4.69, 9.17) is 0 Å². The third kappa shape index (κ3) is 3.49. The molecule has 100 valence electrons. The molecule has 1 aromatic rings. The van der Waals surface area contributed by atoms with E-state index < -0.39 is 0 Å². The smallest absolute Gasteiger partial charge is 0.251 e. The van der Waals surface area contributed by atoms with Crippen LogP contribution in [-0.2, 0) is 0 Å². The van der Waals surface area contributed by atoms with Gasteiger partial charge < -0.3 is 10.6 Å². The van der Waals surface area contributed by atoms with Crippen LogP contribution in [0.25, 0.3) is 0 Å². The van der Waals surface area contributed by atoms with Gasteiger partial charge in [-0.05, 0) is 37.5 Å². The molecule has 0 radical (unpaired) electrons. The van der Waals surface area contributed by atoms with Crippen molar-refractivity contribution in [2.24, 2.45) is 0 Å². The average Bonchev–Trinajstić information content (AvgIpc) is 2.39. The molecule has 1 unspecified atom stereocenters. The first kappa shape index (κ1) is 14.6. The standard InChI is InChI=1S/C15H24N2O/c1-5-8-12(6-2)17-14-10-7-9-13(11(14)3)15(18)16-4/h7,9-10,12,17H,5-6,8H2,1-4H3,(H,16,18). The number of rotatable bonds is 6. The van der Waals surface area contributed by atoms with Crippen molar-refractivity contribution in [2.45, 2.75) is 46.1 Å². The van der Waals surface area contributed by atoms with Crippen molar-refractivity contribution >= 4 is 11.6 Å². The Bertz CT molecular complexity index is 401. The summed E-state index contributed by atoms with van der Waals surface area (Å²) in [5.74, 6) is -0.0281. The van der Waals surface area contributed by atoms with Crippen molar-refractivity contribution in [1.82, 2.24) is 5.32 Å². The molecule has 0 spiro atoms. The van der Waals surface area contributed by atoms with Gasteiger partial charge in [0, 0.05) is 24.3 Å². The molecule has 1 atom stereocenters. The van der Waals surface area contributed by atoms with Crippen LogP contribution in [0.1, 0.15) is 49.0 Å². The Morgan fingerprint density at radius 2 is 2.06 bits per heavy atom. The van der Waals surface area contributed by atoms with E-state index in [9.17, 15) is 4.79 Å². The summed E-state index contributed by atoms with van der Waals surface area (Å²) >= 11 is 0. The molecule has 0 bridgehead atoms. The van der Waals surface area contributed by atoms with Gasteiger partial charge in [-0.3, -0.25) is 4.79 Å². The lowest BCUT2D eigenvalue weighted by Crippen LogP contribution is -2.22. The Kier molecular flexibility index (Phi) is 5.69. The van der Waals surface area contributed by atoms with E-state index >= 15 is 0 Å². The summed E-state index contributed by atoms with van der Waals surface area (Å²) < 4.78 is 0. The second-order valence-corrected chi connectivity index (χ2v) is 4.60. The number of hydrogen-bond donors (Lipinski definition) is 2. The zero-order chi connectivity index (χ0) is 13.5. The molecular formula is C15H24N2O. The number of nitrogens with one attached hydrogen (secondary N) is 2. The van der Waals surface area contributed by atoms with E-state index in [-0.39, 0.29) is 5.91 Å². The van der Waals surface area contributed by atoms with Crippen molar-refractivity contribution in [3.63, 3.8) is 0 Å². The van der Waals surface area contributed by atoms with Gasteiger partial charge in [0.2, 0.25) is 0 Å². The highest BCUT2D eigenvalue weighted by Gasteiger charge is 2.12. The zero-order valence-electron chi connectivity index (χ0n) is 11.8. The van der Waals surface area contributed by atoms with Crippen molar-refractivity contribution in [2.75, 3.05) is 12.4 Å². The fourth-order valence-electron chi connectivity index (χ4n) is 2.12. The van der Waals surface area contributed by atoms with E-state index in [1.807, 2.05) is 25.1 Å². The lowest BCUT2D eigenvalue weighted by atomic mass is 10.0. The van der Waals surface area contributed by atoms with Crippen molar-refractivity contribution < 1.29 is 4.79 Å². The first-order chi connectivity index (χ1) is 8.63. The molecule has 0 aliphatic rings. The Morgan fingerprint density at radius 3 is 2.61 bits per heavy atom. The molecule has 3 nitrogen and oxygen atoms in total. The van der Waals surface area contributed by atoms with Crippen molar-refractivity contribution in [3.8, 4) is 0 Å². The lowest BCUT2D eigenvalue weighted by Gasteiger charge is -2.20. The van der Waals surface area contributed by atoms with Crippen LogP contribution in [0.3, 0.4) is 0 Å². The van der Waals surface area contributed by atoms with Crippen LogP contribution in [0.5, 0.6) is 0 Å². The van der Waals surface area contributed by atoms with E-state index in [1.165, 1.54) is 6.42 Å². The van der Waals surface area contributed by atoms with Gasteiger partial charge in [0.1, 0.15) is 0 Å². The third-order valence-corrected chi connectivity index (χ3v) is 3.30. The number of benzene rings is 1. The average molecular weight is 248 g/mol. The maximum absolute atomic E-state index is 11.7. The maximum Gasteiger partial charge on any atom is 0.251 e. The Morgan fingerprint density at radius 1 is 1.33 bits per heavy atom. The van der Waals surface area contributed by atoms with Gasteiger partial charge in [0.15, 0.2) is 0 Å². The number of amides is 1. The Balaban J connectivity index is 2.92. The molecular weight excluding hydrogens is 224 g/mol. The summed E-state index contributed by atoms with van der Waals surface area (Å²) in [6.45, 7) is 6.37. The topological polar surface area (TPSA) is 41.1 Å². The molecule has 0 fully saturated rings. The highest BCUT2D eigenvalue weighted by Crippen LogP contribution is 2.21. The largest absolute Gasteiger partial charge is 0.382 e. The van der Waals surface area contributed by atoms with Crippen LogP contribution < -0.4 is 10.6 Å². The van der Waals surface area contributed by atoms with Crippen LogP contribution >= 0.6 is 0 Å². The highest BCUT2D eigenvalue weighted by atomic mass is 16.1. The lowest BCUT2D eigenvalue weighted by molar-refractivity contribution is 0.0962. The molecule has 0 aliphatic carbocycles. The highest BCUT2D eigenvalue weighted by molar-refractivity contribution is 5.96. The predicted octanol–water partition coefficient (Wildman–Crippen LogP) is 3.35. The van der Waals surface area contributed by atoms with Crippen molar-refractivity contribution in [1.29, 1.82) is 0 Å². The van der Waals surface area contributed by atoms with Crippen LogP contribution in [-0.4, -0.2) is 19.0 Å². The Hall–Kier alpha value is -1.51. The zero-order valence-corrected chi connectivity index (χ0v) is 11.8. The van der Waals surface area contributed by atoms with E-state index in [2.05, 4.69) is 24.5 Å². The number of anilines is 1. The molecule has 1 rings (SSSR count). The summed E-state index contributed by atoms with van der Waals surface area (Å²) in [4.78, 5) is 11.7. The molecule has 3 heteroatoms. The summed E-state index contributed by atoms with van der Waals surface area (Å²) in [5.41, 5.74) is 2.83. The minimum Gasteiger partial charge on any atom is -0.382 e. The summed E-state index contributed by atoms with van der Waals surface area (Å²) in [7, 11) is 1.66. The van der Waals surface area contributed by atoms with E-state index in [1.54, 1.807) is 7.05 Å². The summed E-state index contributed by atoms with van der Waals surface area (Å²) in [6, 6.07) is 6.31. The van der Waals surface area contributed by atoms with Gasteiger partial charge in [0.05, 0.1) is 0 Å². The first-order valence-corrected chi connectivity index (χ1v) is 6.72. The van der Waals surface area contributed by atoms with Gasteiger partial charge in [0.25, 0.3) is 5.91 Å². The molecule has 0 saturated carbocycles. The molecule has 0 heterocycles. The fraction of sp³-hybridized carbons (Fsp3) is 0.533. The van der Waals surface area contributed by atoms with E-state index in [0.717, 1.165) is 29.7 Å². The van der Waals surface area contributed by atoms with Gasteiger partial charge in [-0.2, -0.15) is 0 Å². The normalized spacial score (nSPS) is 12.0. The van der Waals surface area contributed by atoms with Crippen LogP contribution in [0, 0.1) is 6.92 Å². The minimum atomic E-state index is -0.0281. The molecule has 1 aromatic carbocycles. The molecule has 1 amide bonds. The quantitative estimate of drug-likeness (QED) is 0.810. The van der Waals surface area contributed by atoms with Crippen LogP contribution in [0.2, 0.25) is 0 Å². The number of hydrogen-bond acceptors (Lipinski definition) is 2. The van der Waals surface area contributed by atoms with Crippen LogP contribution in [0.15, 0.2) is 18.2 Å². The second kappa shape index (κ2) is 7.04. The van der Waals surface area contributed by atoms with Crippen LogP contribution in [0.4, 0.5) is 5.69 Å². The fourth-order valence-corrected chi connectivity index (χ4v) is 2.12. The number of carbonyl (C=O) groups is 1. The predicted molar refractivity (Wildman–Crippen MR) is 77.2 cm³/mol. The van der Waals surface area contributed by atoms with Gasteiger partial charge in [-0.1, -0.05) is 26.3 Å². The molecule has 18 heavy (non-hydrogen) atoms. The molecule has 2 N–H and O–H groups in total. The summed E-state index contributed by atoms with van der Waals surface area (Å²) in [6.07, 6.45) is 3.41. The molecule has 0 saturated heterocycles. The van der Waals surface area contributed by atoms with E-state index in [0.29, 0.717) is 6.04 Å². The van der Waals surface area contributed by atoms with Gasteiger partial charge in [-0.15, -0.1) is 0 Å². The van der Waals surface area contributed by atoms with Gasteiger partial charge in [-0.25, -0.2) is 0 Å². The SMILES string of the molecule is CCCC(CC)Nc1cccc(C(=O)NC)c1C. The first-order valence-electron chi connectivity index (χ1n) is 6.72. The Labute approximate surface area is 110 Å².